The normalized spacial score (nSPS) is 39.9. The maximum Gasteiger partial charge on any atom is 0.222 e. The smallest absolute Gasteiger partial charge is 0.222 e. The van der Waals surface area contributed by atoms with Gasteiger partial charge in [-0.3, -0.25) is 9.59 Å². The Bertz CT molecular complexity index is 1020. The molecular weight excluding hydrogens is 514 g/mol. The Labute approximate surface area is 235 Å². The molecule has 1 aliphatic heterocycles. The molecule has 7 nitrogen and oxygen atoms in total. The molecule has 0 aromatic heterocycles. The van der Waals surface area contributed by atoms with Crippen LogP contribution in [0, 0.1) is 46.3 Å². The second-order valence-electron chi connectivity index (χ2n) is 14.3. The van der Waals surface area contributed by atoms with Crippen molar-refractivity contribution < 1.29 is 27.3 Å². The molecule has 0 N–H and O–H groups in total. The van der Waals surface area contributed by atoms with Crippen LogP contribution in [0.3, 0.4) is 0 Å². The van der Waals surface area contributed by atoms with Gasteiger partial charge in [0.2, 0.25) is 5.91 Å². The van der Waals surface area contributed by atoms with Crippen molar-refractivity contribution in [1.82, 2.24) is 4.90 Å². The number of ether oxygens (including phenoxy) is 1. The molecule has 39 heavy (non-hydrogen) atoms. The van der Waals surface area contributed by atoms with Crippen molar-refractivity contribution in [3.63, 3.8) is 0 Å². The van der Waals surface area contributed by atoms with Gasteiger partial charge in [0.25, 0.3) is 0 Å². The lowest BCUT2D eigenvalue weighted by molar-refractivity contribution is -0.140. The van der Waals surface area contributed by atoms with Gasteiger partial charge in [-0.2, -0.15) is 0 Å². The minimum atomic E-state index is -4.37. The second kappa shape index (κ2) is 11.4. The van der Waals surface area contributed by atoms with Crippen molar-refractivity contribution in [1.29, 1.82) is 0 Å². The molecule has 1 amide bonds. The predicted octanol–water partition coefficient (Wildman–Crippen LogP) is 5.18. The highest BCUT2D eigenvalue weighted by molar-refractivity contribution is 7.85. The topological polar surface area (TPSA) is 104 Å². The third-order valence-electron chi connectivity index (χ3n) is 12.6. The molecule has 0 radical (unpaired) electrons. The molecule has 0 bridgehead atoms. The Hall–Kier alpha value is -0.990. The van der Waals surface area contributed by atoms with Crippen LogP contribution in [-0.2, 0) is 24.4 Å². The van der Waals surface area contributed by atoms with E-state index < -0.39 is 15.9 Å². The van der Waals surface area contributed by atoms with E-state index >= 15 is 0 Å². The zero-order chi connectivity index (χ0) is 28.0. The van der Waals surface area contributed by atoms with Gasteiger partial charge in [-0.15, -0.1) is 0 Å². The van der Waals surface area contributed by atoms with Crippen LogP contribution >= 0.6 is 0 Å². The summed E-state index contributed by atoms with van der Waals surface area (Å²) < 4.78 is 39.4. The quantitative estimate of drug-likeness (QED) is 0.376. The van der Waals surface area contributed by atoms with Gasteiger partial charge in [-0.05, 0) is 111 Å². The number of Topliss-reactive ketones (excluding diaryl/α,β-unsaturated/α-hetero) is 1. The van der Waals surface area contributed by atoms with E-state index in [0.717, 1.165) is 43.4 Å². The summed E-state index contributed by atoms with van der Waals surface area (Å²) in [5.41, 5.74) is 0.647. The highest BCUT2D eigenvalue weighted by Gasteiger charge is 2.60. The van der Waals surface area contributed by atoms with Crippen molar-refractivity contribution in [3.8, 4) is 0 Å². The first kappa shape index (κ1) is 29.5. The molecule has 8 heteroatoms. The summed E-state index contributed by atoms with van der Waals surface area (Å²) in [7, 11) is -4.37. The van der Waals surface area contributed by atoms with Crippen molar-refractivity contribution in [2.24, 2.45) is 46.3 Å². The number of nitrogens with zero attached hydrogens (tertiary/aromatic N) is 1. The van der Waals surface area contributed by atoms with Crippen LogP contribution in [0.5, 0.6) is 0 Å². The summed E-state index contributed by atoms with van der Waals surface area (Å²) in [5.74, 6) is 3.83. The van der Waals surface area contributed by atoms with E-state index in [0.29, 0.717) is 66.8 Å². The van der Waals surface area contributed by atoms with Crippen LogP contribution < -0.4 is 0 Å². The number of hydrogen-bond donors (Lipinski definition) is 0. The Morgan fingerprint density at radius 3 is 2.46 bits per heavy atom. The van der Waals surface area contributed by atoms with E-state index in [2.05, 4.69) is 20.8 Å². The molecule has 0 unspecified atom stereocenters. The van der Waals surface area contributed by atoms with Gasteiger partial charge in [0.15, 0.2) is 0 Å². The molecule has 4 aliphatic carbocycles. The summed E-state index contributed by atoms with van der Waals surface area (Å²) in [6, 6.07) is -0.0430. The molecule has 0 aromatic rings. The molecule has 1 heterocycles. The van der Waals surface area contributed by atoms with Crippen LogP contribution in [0.1, 0.15) is 104 Å². The van der Waals surface area contributed by atoms with Gasteiger partial charge < -0.3 is 14.2 Å². The number of carbonyl (C=O) groups is 2. The predicted molar refractivity (Wildman–Crippen MR) is 149 cm³/mol. The molecule has 8 atom stereocenters. The monoisotopic (exact) mass is 564 g/mol. The van der Waals surface area contributed by atoms with Gasteiger partial charge in [0.1, 0.15) is 5.78 Å². The Morgan fingerprint density at radius 1 is 1.03 bits per heavy atom. The van der Waals surface area contributed by atoms with Crippen molar-refractivity contribution in [2.75, 3.05) is 25.5 Å². The van der Waals surface area contributed by atoms with E-state index in [9.17, 15) is 22.6 Å². The lowest BCUT2D eigenvalue weighted by Gasteiger charge is -2.60. The van der Waals surface area contributed by atoms with E-state index in [-0.39, 0.29) is 18.5 Å². The summed E-state index contributed by atoms with van der Waals surface area (Å²) in [5, 5.41) is 0. The third kappa shape index (κ3) is 5.86. The molecule has 5 aliphatic rings. The first-order chi connectivity index (χ1) is 18.4. The average Bonchev–Trinajstić information content (AvgIpc) is 3.25. The van der Waals surface area contributed by atoms with Crippen LogP contribution in [-0.4, -0.2) is 61.1 Å². The van der Waals surface area contributed by atoms with Crippen LogP contribution in [0.15, 0.2) is 0 Å². The number of carbonyl (C=O) groups excluding carboxylic acids is 2. The second-order valence-corrected chi connectivity index (χ2v) is 15.9. The fourth-order valence-electron chi connectivity index (χ4n) is 10.4. The largest absolute Gasteiger partial charge is 0.748 e. The Kier molecular flexibility index (Phi) is 8.59. The van der Waals surface area contributed by atoms with Crippen molar-refractivity contribution >= 4 is 21.8 Å². The zero-order valence-electron chi connectivity index (χ0n) is 24.4. The number of ketones is 1. The summed E-state index contributed by atoms with van der Waals surface area (Å²) in [4.78, 5) is 27.3. The fraction of sp³-hybridized carbons (Fsp3) is 0.935. The number of hydrogen-bond acceptors (Lipinski definition) is 6. The standard InChI is InChI=1S/C31H51NO6S/c1-21(4-9-29(34)32(16-19-39(35,36)37)23-12-17-38-18-13-23)26-7-8-27-25-6-5-22-20-24(33)10-14-30(22,2)28(25)11-15-31(26,27)3/h21-23,25-28H,4-20H2,1-3H3,(H,35,36,37)/p-1/t21-,22-,25+,26-,27+,28+,30+,31-/m1/s1. The molecule has 5 rings (SSSR count). The molecular formula is C31H50NO6S-. The maximum atomic E-state index is 13.4. The number of fused-ring (bicyclic) bond motifs is 5. The Morgan fingerprint density at radius 2 is 1.74 bits per heavy atom. The zero-order valence-corrected chi connectivity index (χ0v) is 25.2. The molecule has 0 spiro atoms. The van der Waals surface area contributed by atoms with Crippen LogP contribution in [0.25, 0.3) is 0 Å². The highest BCUT2D eigenvalue weighted by Crippen LogP contribution is 2.68. The fourth-order valence-corrected chi connectivity index (χ4v) is 10.9. The molecule has 5 fully saturated rings. The molecule has 222 valence electrons. The lowest BCUT2D eigenvalue weighted by atomic mass is 9.44. The molecule has 4 saturated carbocycles. The minimum absolute atomic E-state index is 0.0125. The third-order valence-corrected chi connectivity index (χ3v) is 13.3. The number of rotatable bonds is 8. The number of amides is 1. The van der Waals surface area contributed by atoms with Crippen LogP contribution in [0.4, 0.5) is 0 Å². The van der Waals surface area contributed by atoms with Gasteiger partial charge in [-0.25, -0.2) is 8.42 Å². The van der Waals surface area contributed by atoms with E-state index in [1.807, 2.05) is 0 Å². The van der Waals surface area contributed by atoms with Gasteiger partial charge in [0, 0.05) is 45.1 Å². The molecule has 1 saturated heterocycles. The van der Waals surface area contributed by atoms with E-state index in [4.69, 9.17) is 4.74 Å². The van der Waals surface area contributed by atoms with Crippen LogP contribution in [0.2, 0.25) is 0 Å². The van der Waals surface area contributed by atoms with Gasteiger partial charge in [-0.1, -0.05) is 20.8 Å². The molecule has 0 aromatic carbocycles. The summed E-state index contributed by atoms with van der Waals surface area (Å²) in [6.45, 7) is 8.48. The average molecular weight is 565 g/mol. The summed E-state index contributed by atoms with van der Waals surface area (Å²) in [6.07, 6.45) is 12.8. The van der Waals surface area contributed by atoms with Gasteiger partial charge in [0.05, 0.1) is 15.9 Å². The maximum absolute atomic E-state index is 13.4. The first-order valence-electron chi connectivity index (χ1n) is 15.7. The SMILES string of the molecule is C[C@H](CCC(=O)N(CCS(=O)(=O)[O-])C1CCOCC1)[C@H]1CC[C@H]2[C@@H]3CC[C@@H]4CC(=O)CC[C@]4(C)[C@H]3CC[C@]12C. The van der Waals surface area contributed by atoms with Gasteiger partial charge >= 0.3 is 0 Å². The first-order valence-corrected chi connectivity index (χ1v) is 17.3. The Balaban J connectivity index is 1.22. The van der Waals surface area contributed by atoms with E-state index in [1.165, 1.54) is 38.5 Å². The lowest BCUT2D eigenvalue weighted by Crippen LogP contribution is -2.53. The van der Waals surface area contributed by atoms with Crippen molar-refractivity contribution in [2.45, 2.75) is 110 Å². The highest BCUT2D eigenvalue weighted by atomic mass is 32.2. The minimum Gasteiger partial charge on any atom is -0.748 e. The van der Waals surface area contributed by atoms with Crippen molar-refractivity contribution in [3.05, 3.63) is 0 Å². The van der Waals surface area contributed by atoms with E-state index in [1.54, 1.807) is 4.90 Å². The summed E-state index contributed by atoms with van der Waals surface area (Å²) >= 11 is 0.